The summed E-state index contributed by atoms with van der Waals surface area (Å²) in [5.74, 6) is -1.94. The number of hydrogen-bond acceptors (Lipinski definition) is 3. The molecule has 0 bridgehead atoms. The van der Waals surface area contributed by atoms with E-state index >= 15 is 0 Å². The SMILES string of the molecule is CCCCCCC(O)C(C)(O)O. The van der Waals surface area contributed by atoms with E-state index < -0.39 is 11.9 Å². The number of unbranched alkanes of at least 4 members (excludes halogenated alkanes) is 3. The third kappa shape index (κ3) is 5.52. The largest absolute Gasteiger partial charge is 0.388 e. The van der Waals surface area contributed by atoms with E-state index in [1.54, 1.807) is 0 Å². The molecule has 0 aliphatic rings. The van der Waals surface area contributed by atoms with Crippen molar-refractivity contribution >= 4 is 0 Å². The molecular weight excluding hydrogens is 156 g/mol. The van der Waals surface area contributed by atoms with Crippen molar-refractivity contribution in [3.8, 4) is 0 Å². The van der Waals surface area contributed by atoms with E-state index in [0.717, 1.165) is 25.7 Å². The summed E-state index contributed by atoms with van der Waals surface area (Å²) in [6.45, 7) is 3.32. The summed E-state index contributed by atoms with van der Waals surface area (Å²) in [7, 11) is 0. The van der Waals surface area contributed by atoms with Crippen molar-refractivity contribution < 1.29 is 15.3 Å². The van der Waals surface area contributed by atoms with Crippen molar-refractivity contribution in [1.82, 2.24) is 0 Å². The highest BCUT2D eigenvalue weighted by Gasteiger charge is 2.25. The van der Waals surface area contributed by atoms with Gasteiger partial charge in [0, 0.05) is 0 Å². The van der Waals surface area contributed by atoms with Gasteiger partial charge in [-0.3, -0.25) is 0 Å². The molecule has 0 saturated carbocycles. The van der Waals surface area contributed by atoms with Crippen molar-refractivity contribution in [2.75, 3.05) is 0 Å². The van der Waals surface area contributed by atoms with Gasteiger partial charge in [0.25, 0.3) is 0 Å². The molecule has 0 fully saturated rings. The topological polar surface area (TPSA) is 60.7 Å². The smallest absolute Gasteiger partial charge is 0.186 e. The first-order chi connectivity index (χ1) is 5.48. The minimum absolute atomic E-state index is 0.462. The monoisotopic (exact) mass is 176 g/mol. The van der Waals surface area contributed by atoms with Gasteiger partial charge < -0.3 is 15.3 Å². The summed E-state index contributed by atoms with van der Waals surface area (Å²) in [5.41, 5.74) is 0. The van der Waals surface area contributed by atoms with Crippen LogP contribution in [0.15, 0.2) is 0 Å². The fourth-order valence-electron chi connectivity index (χ4n) is 1.04. The Balaban J connectivity index is 3.38. The molecule has 0 aliphatic carbocycles. The van der Waals surface area contributed by atoms with Crippen LogP contribution in [0.5, 0.6) is 0 Å². The Kier molecular flexibility index (Phi) is 5.46. The lowest BCUT2D eigenvalue weighted by Gasteiger charge is -2.22. The Labute approximate surface area is 74.0 Å². The Morgan fingerprint density at radius 1 is 1.17 bits per heavy atom. The van der Waals surface area contributed by atoms with Crippen LogP contribution in [0.3, 0.4) is 0 Å². The maximum absolute atomic E-state index is 9.19. The van der Waals surface area contributed by atoms with Gasteiger partial charge in [-0.1, -0.05) is 32.6 Å². The molecule has 0 aromatic carbocycles. The number of rotatable bonds is 6. The highest BCUT2D eigenvalue weighted by atomic mass is 16.5. The van der Waals surface area contributed by atoms with Crippen LogP contribution in [0.25, 0.3) is 0 Å². The molecule has 1 atom stereocenters. The lowest BCUT2D eigenvalue weighted by molar-refractivity contribution is -0.212. The molecule has 3 heteroatoms. The van der Waals surface area contributed by atoms with Gasteiger partial charge in [-0.2, -0.15) is 0 Å². The Hall–Kier alpha value is -0.120. The molecular formula is C9H20O3. The highest BCUT2D eigenvalue weighted by molar-refractivity contribution is 4.68. The number of aliphatic hydroxyl groups excluding tert-OH is 1. The second kappa shape index (κ2) is 5.51. The quantitative estimate of drug-likeness (QED) is 0.418. The van der Waals surface area contributed by atoms with Crippen LogP contribution >= 0.6 is 0 Å². The zero-order chi connectivity index (χ0) is 9.61. The van der Waals surface area contributed by atoms with Gasteiger partial charge in [0.05, 0.1) is 0 Å². The Morgan fingerprint density at radius 3 is 2.17 bits per heavy atom. The molecule has 3 nitrogen and oxygen atoms in total. The van der Waals surface area contributed by atoms with E-state index in [1.807, 2.05) is 0 Å². The molecule has 0 rings (SSSR count). The van der Waals surface area contributed by atoms with Gasteiger partial charge >= 0.3 is 0 Å². The summed E-state index contributed by atoms with van der Waals surface area (Å²) in [6, 6.07) is 0. The van der Waals surface area contributed by atoms with Crippen molar-refractivity contribution in [2.24, 2.45) is 0 Å². The van der Waals surface area contributed by atoms with Crippen LogP contribution in [0.2, 0.25) is 0 Å². The Morgan fingerprint density at radius 2 is 1.75 bits per heavy atom. The van der Waals surface area contributed by atoms with E-state index in [4.69, 9.17) is 10.2 Å². The molecule has 3 N–H and O–H groups in total. The predicted molar refractivity (Wildman–Crippen MR) is 47.6 cm³/mol. The van der Waals surface area contributed by atoms with Crippen LogP contribution in [0.4, 0.5) is 0 Å². The molecule has 74 valence electrons. The molecule has 0 heterocycles. The van der Waals surface area contributed by atoms with Crippen LogP contribution in [-0.4, -0.2) is 27.2 Å². The zero-order valence-corrected chi connectivity index (χ0v) is 7.95. The third-order valence-electron chi connectivity index (χ3n) is 1.96. The highest BCUT2D eigenvalue weighted by Crippen LogP contribution is 2.13. The summed E-state index contributed by atoms with van der Waals surface area (Å²) < 4.78 is 0. The minimum Gasteiger partial charge on any atom is -0.388 e. The van der Waals surface area contributed by atoms with Gasteiger partial charge in [0.2, 0.25) is 0 Å². The molecule has 1 unspecified atom stereocenters. The predicted octanol–water partition coefficient (Wildman–Crippen LogP) is 1.02. The normalized spacial score (nSPS) is 14.8. The van der Waals surface area contributed by atoms with Crippen LogP contribution in [-0.2, 0) is 0 Å². The van der Waals surface area contributed by atoms with Gasteiger partial charge in [0.15, 0.2) is 5.79 Å². The molecule has 0 aromatic heterocycles. The zero-order valence-electron chi connectivity index (χ0n) is 7.95. The van der Waals surface area contributed by atoms with Crippen molar-refractivity contribution in [3.05, 3.63) is 0 Å². The molecule has 0 aliphatic heterocycles. The molecule has 0 saturated heterocycles. The van der Waals surface area contributed by atoms with E-state index in [9.17, 15) is 5.11 Å². The fraction of sp³-hybridized carbons (Fsp3) is 1.00. The van der Waals surface area contributed by atoms with Gasteiger partial charge in [-0.05, 0) is 13.3 Å². The summed E-state index contributed by atoms with van der Waals surface area (Å²) in [4.78, 5) is 0. The third-order valence-corrected chi connectivity index (χ3v) is 1.96. The van der Waals surface area contributed by atoms with E-state index in [2.05, 4.69) is 6.92 Å². The average Bonchev–Trinajstić information content (AvgIpc) is 1.96. The maximum atomic E-state index is 9.19. The molecule has 0 aromatic rings. The second-order valence-electron chi connectivity index (χ2n) is 3.46. The van der Waals surface area contributed by atoms with E-state index in [-0.39, 0.29) is 0 Å². The van der Waals surface area contributed by atoms with Crippen LogP contribution < -0.4 is 0 Å². The lowest BCUT2D eigenvalue weighted by Crippen LogP contribution is -2.38. The van der Waals surface area contributed by atoms with Crippen molar-refractivity contribution in [2.45, 2.75) is 57.8 Å². The van der Waals surface area contributed by atoms with Gasteiger partial charge in [0.1, 0.15) is 6.10 Å². The van der Waals surface area contributed by atoms with Gasteiger partial charge in [-0.15, -0.1) is 0 Å². The summed E-state index contributed by atoms with van der Waals surface area (Å²) in [6.07, 6.45) is 3.62. The number of hydrogen-bond donors (Lipinski definition) is 3. The Bertz CT molecular complexity index is 107. The fourth-order valence-corrected chi connectivity index (χ4v) is 1.04. The maximum Gasteiger partial charge on any atom is 0.186 e. The van der Waals surface area contributed by atoms with Crippen LogP contribution in [0, 0.1) is 0 Å². The molecule has 0 spiro atoms. The summed E-state index contributed by atoms with van der Waals surface area (Å²) in [5, 5.41) is 27.1. The first-order valence-corrected chi connectivity index (χ1v) is 4.61. The standard InChI is InChI=1S/C9H20O3/c1-3-4-5-6-7-8(10)9(2,11)12/h8,10-12H,3-7H2,1-2H3. The second-order valence-corrected chi connectivity index (χ2v) is 3.46. The first-order valence-electron chi connectivity index (χ1n) is 4.61. The van der Waals surface area contributed by atoms with Crippen LogP contribution in [0.1, 0.15) is 46.0 Å². The lowest BCUT2D eigenvalue weighted by atomic mass is 10.0. The van der Waals surface area contributed by atoms with E-state index in [0.29, 0.717) is 6.42 Å². The molecule has 12 heavy (non-hydrogen) atoms. The number of aliphatic hydroxyl groups is 3. The molecule has 0 amide bonds. The van der Waals surface area contributed by atoms with Crippen molar-refractivity contribution in [1.29, 1.82) is 0 Å². The van der Waals surface area contributed by atoms with Gasteiger partial charge in [-0.25, -0.2) is 0 Å². The van der Waals surface area contributed by atoms with E-state index in [1.165, 1.54) is 6.92 Å². The van der Waals surface area contributed by atoms with Crippen molar-refractivity contribution in [3.63, 3.8) is 0 Å². The molecule has 0 radical (unpaired) electrons. The average molecular weight is 176 g/mol. The summed E-state index contributed by atoms with van der Waals surface area (Å²) >= 11 is 0. The first kappa shape index (κ1) is 11.9. The minimum atomic E-state index is -1.94.